The third-order valence-electron chi connectivity index (χ3n) is 3.82. The first-order chi connectivity index (χ1) is 8.31. The molecule has 0 bridgehead atoms. The molecule has 1 aromatic rings. The Hall–Kier alpha value is -0.380. The van der Waals surface area contributed by atoms with Crippen molar-refractivity contribution in [2.75, 3.05) is 19.7 Å². The number of hydrogen-bond acceptors (Lipinski definition) is 3. The molecule has 1 aliphatic rings. The highest BCUT2D eigenvalue weighted by Gasteiger charge is 2.29. The zero-order valence-electron chi connectivity index (χ0n) is 10.6. The molecule has 2 rings (SSSR count). The van der Waals surface area contributed by atoms with Gasteiger partial charge in [0.15, 0.2) is 0 Å². The average Bonchev–Trinajstić information content (AvgIpc) is 2.94. The summed E-state index contributed by atoms with van der Waals surface area (Å²) in [5.41, 5.74) is 1.53. The van der Waals surface area contributed by atoms with Gasteiger partial charge in [-0.15, -0.1) is 0 Å². The molecule has 96 valence electrons. The van der Waals surface area contributed by atoms with Gasteiger partial charge in [-0.1, -0.05) is 0 Å². The summed E-state index contributed by atoms with van der Waals surface area (Å²) in [5.74, 6) is 0.745. The Morgan fingerprint density at radius 3 is 3.00 bits per heavy atom. The standard InChI is InChI=1S/C14H23NOS/c1-12-9-14(13-5-8-17-11-13)10-15(12)6-3-2-4-7-16/h5,8,11-12,14,16H,2-4,6-7,9-10H2,1H3/t12-,14-/m0/s1. The Balaban J connectivity index is 1.77. The van der Waals surface area contributed by atoms with Crippen LogP contribution in [0.15, 0.2) is 16.8 Å². The number of unbranched alkanes of at least 4 members (excludes halogenated alkanes) is 2. The van der Waals surface area contributed by atoms with E-state index in [0.29, 0.717) is 12.6 Å². The second-order valence-corrected chi connectivity index (χ2v) is 5.90. The van der Waals surface area contributed by atoms with Crippen LogP contribution in [0.4, 0.5) is 0 Å². The summed E-state index contributed by atoms with van der Waals surface area (Å²) in [6, 6.07) is 2.99. The topological polar surface area (TPSA) is 23.5 Å². The zero-order valence-corrected chi connectivity index (χ0v) is 11.5. The van der Waals surface area contributed by atoms with Gasteiger partial charge in [0, 0.05) is 19.2 Å². The number of rotatable bonds is 6. The Morgan fingerprint density at radius 2 is 2.29 bits per heavy atom. The second kappa shape index (κ2) is 6.53. The minimum absolute atomic E-state index is 0.340. The van der Waals surface area contributed by atoms with Crippen LogP contribution in [0, 0.1) is 0 Å². The molecule has 0 radical (unpaired) electrons. The van der Waals surface area contributed by atoms with Gasteiger partial charge in [0.1, 0.15) is 0 Å². The number of aliphatic hydroxyl groups excluding tert-OH is 1. The number of nitrogens with zero attached hydrogens (tertiary/aromatic N) is 1. The van der Waals surface area contributed by atoms with E-state index in [9.17, 15) is 0 Å². The van der Waals surface area contributed by atoms with Crippen LogP contribution in [-0.4, -0.2) is 35.7 Å². The highest BCUT2D eigenvalue weighted by atomic mass is 32.1. The molecule has 3 heteroatoms. The van der Waals surface area contributed by atoms with Gasteiger partial charge in [-0.05, 0) is 67.5 Å². The molecule has 1 aromatic heterocycles. The van der Waals surface area contributed by atoms with Crippen LogP contribution >= 0.6 is 11.3 Å². The molecule has 0 aromatic carbocycles. The maximum absolute atomic E-state index is 8.76. The summed E-state index contributed by atoms with van der Waals surface area (Å²) >= 11 is 1.81. The van der Waals surface area contributed by atoms with E-state index in [0.717, 1.165) is 18.8 Å². The van der Waals surface area contributed by atoms with E-state index >= 15 is 0 Å². The van der Waals surface area contributed by atoms with Crippen molar-refractivity contribution in [3.05, 3.63) is 22.4 Å². The van der Waals surface area contributed by atoms with Crippen LogP contribution in [0.25, 0.3) is 0 Å². The molecule has 17 heavy (non-hydrogen) atoms. The van der Waals surface area contributed by atoms with Crippen LogP contribution in [0.1, 0.15) is 44.1 Å². The molecule has 2 heterocycles. The summed E-state index contributed by atoms with van der Waals surface area (Å²) in [6.45, 7) is 5.10. The first-order valence-corrected chi connectivity index (χ1v) is 7.62. The molecule has 1 aliphatic heterocycles. The summed E-state index contributed by atoms with van der Waals surface area (Å²) in [6.07, 6.45) is 4.64. The molecule has 0 saturated carbocycles. The Morgan fingerprint density at radius 1 is 1.41 bits per heavy atom. The van der Waals surface area contributed by atoms with E-state index in [1.165, 1.54) is 31.5 Å². The summed E-state index contributed by atoms with van der Waals surface area (Å²) in [7, 11) is 0. The van der Waals surface area contributed by atoms with Crippen LogP contribution in [0.2, 0.25) is 0 Å². The van der Waals surface area contributed by atoms with E-state index in [1.54, 1.807) is 0 Å². The lowest BCUT2D eigenvalue weighted by Gasteiger charge is -2.20. The molecule has 0 spiro atoms. The monoisotopic (exact) mass is 253 g/mol. The minimum atomic E-state index is 0.340. The summed E-state index contributed by atoms with van der Waals surface area (Å²) in [5, 5.41) is 13.2. The van der Waals surface area contributed by atoms with Gasteiger partial charge >= 0.3 is 0 Å². The van der Waals surface area contributed by atoms with Gasteiger partial charge in [0.05, 0.1) is 0 Å². The van der Waals surface area contributed by atoms with Crippen molar-refractivity contribution in [2.24, 2.45) is 0 Å². The van der Waals surface area contributed by atoms with Crippen molar-refractivity contribution in [1.29, 1.82) is 0 Å². The van der Waals surface area contributed by atoms with E-state index in [1.807, 2.05) is 11.3 Å². The van der Waals surface area contributed by atoms with Gasteiger partial charge in [0.2, 0.25) is 0 Å². The summed E-state index contributed by atoms with van der Waals surface area (Å²) < 4.78 is 0. The molecule has 1 fully saturated rings. The molecular formula is C14H23NOS. The van der Waals surface area contributed by atoms with Crippen LogP contribution in [-0.2, 0) is 0 Å². The average molecular weight is 253 g/mol. The quantitative estimate of drug-likeness (QED) is 0.788. The first-order valence-electron chi connectivity index (χ1n) is 6.68. The van der Waals surface area contributed by atoms with Crippen molar-refractivity contribution in [3.8, 4) is 0 Å². The van der Waals surface area contributed by atoms with E-state index < -0.39 is 0 Å². The Kier molecular flexibility index (Phi) is 5.01. The van der Waals surface area contributed by atoms with E-state index in [2.05, 4.69) is 28.7 Å². The minimum Gasteiger partial charge on any atom is -0.396 e. The number of thiophene rings is 1. The molecular weight excluding hydrogens is 230 g/mol. The molecule has 1 saturated heterocycles. The smallest absolute Gasteiger partial charge is 0.0431 e. The molecule has 1 N–H and O–H groups in total. The number of hydrogen-bond donors (Lipinski definition) is 1. The fourth-order valence-corrected chi connectivity index (χ4v) is 3.50. The van der Waals surface area contributed by atoms with E-state index in [4.69, 9.17) is 5.11 Å². The molecule has 2 atom stereocenters. The van der Waals surface area contributed by atoms with Gasteiger partial charge in [-0.25, -0.2) is 0 Å². The van der Waals surface area contributed by atoms with Crippen LogP contribution in [0.5, 0.6) is 0 Å². The second-order valence-electron chi connectivity index (χ2n) is 5.12. The van der Waals surface area contributed by atoms with Crippen molar-refractivity contribution in [1.82, 2.24) is 4.90 Å². The predicted molar refractivity (Wildman–Crippen MR) is 73.6 cm³/mol. The highest BCUT2D eigenvalue weighted by molar-refractivity contribution is 7.07. The number of likely N-dealkylation sites (tertiary alicyclic amines) is 1. The normalized spacial score (nSPS) is 25.5. The fraction of sp³-hybridized carbons (Fsp3) is 0.714. The van der Waals surface area contributed by atoms with Crippen molar-refractivity contribution < 1.29 is 5.11 Å². The lowest BCUT2D eigenvalue weighted by Crippen LogP contribution is -2.28. The van der Waals surface area contributed by atoms with Crippen LogP contribution < -0.4 is 0 Å². The SMILES string of the molecule is C[C@H]1C[C@H](c2ccsc2)CN1CCCCCO. The largest absolute Gasteiger partial charge is 0.396 e. The maximum Gasteiger partial charge on any atom is 0.0431 e. The van der Waals surface area contributed by atoms with Crippen molar-refractivity contribution in [3.63, 3.8) is 0 Å². The van der Waals surface area contributed by atoms with Crippen LogP contribution in [0.3, 0.4) is 0 Å². The highest BCUT2D eigenvalue weighted by Crippen LogP contribution is 2.32. The van der Waals surface area contributed by atoms with Gasteiger partial charge in [-0.2, -0.15) is 11.3 Å². The molecule has 0 aliphatic carbocycles. The number of aliphatic hydroxyl groups is 1. The third-order valence-corrected chi connectivity index (χ3v) is 4.52. The zero-order chi connectivity index (χ0) is 12.1. The van der Waals surface area contributed by atoms with Gasteiger partial charge < -0.3 is 10.0 Å². The van der Waals surface area contributed by atoms with Gasteiger partial charge in [0.25, 0.3) is 0 Å². The van der Waals surface area contributed by atoms with Gasteiger partial charge in [-0.3, -0.25) is 0 Å². The lowest BCUT2D eigenvalue weighted by molar-refractivity contribution is 0.248. The Labute approximate surface area is 108 Å². The molecule has 2 nitrogen and oxygen atoms in total. The molecule has 0 unspecified atom stereocenters. The predicted octanol–water partition coefficient (Wildman–Crippen LogP) is 3.09. The third kappa shape index (κ3) is 3.54. The Bertz CT molecular complexity index is 312. The molecule has 0 amide bonds. The fourth-order valence-electron chi connectivity index (χ4n) is 2.76. The first kappa shape index (κ1) is 13.1. The maximum atomic E-state index is 8.76. The van der Waals surface area contributed by atoms with E-state index in [-0.39, 0.29) is 0 Å². The van der Waals surface area contributed by atoms with Crippen molar-refractivity contribution >= 4 is 11.3 Å². The van der Waals surface area contributed by atoms with Crippen molar-refractivity contribution in [2.45, 2.75) is 44.6 Å². The lowest BCUT2D eigenvalue weighted by atomic mass is 10.00. The summed E-state index contributed by atoms with van der Waals surface area (Å²) in [4.78, 5) is 2.61.